The lowest BCUT2D eigenvalue weighted by molar-refractivity contribution is -0.130. The highest BCUT2D eigenvalue weighted by Crippen LogP contribution is 2.38. The van der Waals surface area contributed by atoms with Gasteiger partial charge in [-0.2, -0.15) is 0 Å². The molecular formula is C22H29Cl2N3O5. The van der Waals surface area contributed by atoms with E-state index in [1.165, 1.54) is 7.05 Å². The van der Waals surface area contributed by atoms with Crippen molar-refractivity contribution in [2.24, 2.45) is 0 Å². The van der Waals surface area contributed by atoms with E-state index in [0.29, 0.717) is 18.6 Å². The average molecular weight is 486 g/mol. The SMILES string of the molecule is CCCCOC1=C(N(C)C(=O)O)NC(CCC(=O)N2CCCC2)C2=C1C(=O)C(Cl)C(Cl)=C2. The smallest absolute Gasteiger partial charge is 0.412 e. The topological polar surface area (TPSA) is 99.2 Å². The standard InChI is InChI=1S/C22H29Cl2N3O5/c1-3-4-11-32-20-17-13(12-14(23)18(24)19(17)29)15(25-21(20)26(2)22(30)31)7-8-16(28)27-9-5-6-10-27/h12,15,18,25H,3-11H2,1-2H3,(H,30,31). The van der Waals surface area contributed by atoms with Crippen LogP contribution in [-0.4, -0.2) is 70.9 Å². The second-order valence-corrected chi connectivity index (χ2v) is 9.00. The Bertz CT molecular complexity index is 877. The molecule has 2 amide bonds. The number of hydrogen-bond acceptors (Lipinski definition) is 5. The first-order chi connectivity index (χ1) is 15.3. The van der Waals surface area contributed by atoms with Crippen molar-refractivity contribution in [2.45, 2.75) is 56.9 Å². The summed E-state index contributed by atoms with van der Waals surface area (Å²) in [5, 5.41) is 11.9. The molecule has 1 aliphatic carbocycles. The highest BCUT2D eigenvalue weighted by Gasteiger charge is 2.41. The van der Waals surface area contributed by atoms with Crippen molar-refractivity contribution in [2.75, 3.05) is 26.7 Å². The summed E-state index contributed by atoms with van der Waals surface area (Å²) < 4.78 is 5.91. The quantitative estimate of drug-likeness (QED) is 0.402. The van der Waals surface area contributed by atoms with E-state index in [4.69, 9.17) is 27.9 Å². The zero-order valence-electron chi connectivity index (χ0n) is 18.3. The van der Waals surface area contributed by atoms with Gasteiger partial charge in [0, 0.05) is 31.6 Å². The second-order valence-electron chi connectivity index (χ2n) is 8.13. The minimum absolute atomic E-state index is 0.0426. The molecule has 0 saturated carbocycles. The van der Waals surface area contributed by atoms with Crippen molar-refractivity contribution in [3.63, 3.8) is 0 Å². The molecule has 0 aromatic heterocycles. The van der Waals surface area contributed by atoms with Crippen molar-refractivity contribution in [1.82, 2.24) is 15.1 Å². The third-order valence-electron chi connectivity index (χ3n) is 5.90. The van der Waals surface area contributed by atoms with Crippen LogP contribution >= 0.6 is 23.2 Å². The van der Waals surface area contributed by atoms with E-state index in [-0.39, 0.29) is 34.5 Å². The zero-order chi connectivity index (χ0) is 23.4. The number of unbranched alkanes of at least 4 members (excludes halogenated alkanes) is 1. The molecule has 2 heterocycles. The molecule has 0 bridgehead atoms. The van der Waals surface area contributed by atoms with Gasteiger partial charge in [0.15, 0.2) is 17.4 Å². The molecule has 8 nitrogen and oxygen atoms in total. The van der Waals surface area contributed by atoms with Gasteiger partial charge in [0.25, 0.3) is 0 Å². The monoisotopic (exact) mass is 485 g/mol. The number of Topliss-reactive ketones (excluding diaryl/α,β-unsaturated/α-hetero) is 1. The molecule has 32 heavy (non-hydrogen) atoms. The number of ether oxygens (including phenoxy) is 1. The van der Waals surface area contributed by atoms with Gasteiger partial charge >= 0.3 is 6.09 Å². The lowest BCUT2D eigenvalue weighted by Gasteiger charge is -2.36. The van der Waals surface area contributed by atoms with E-state index in [9.17, 15) is 19.5 Å². The Kier molecular flexibility index (Phi) is 8.11. The molecule has 3 aliphatic rings. The number of ketones is 1. The van der Waals surface area contributed by atoms with E-state index in [1.807, 2.05) is 11.8 Å². The number of nitrogens with one attached hydrogen (secondary N) is 1. The van der Waals surface area contributed by atoms with Gasteiger partial charge in [-0.05, 0) is 37.3 Å². The molecular weight excluding hydrogens is 457 g/mol. The summed E-state index contributed by atoms with van der Waals surface area (Å²) in [6, 6.07) is -0.492. The van der Waals surface area contributed by atoms with E-state index in [2.05, 4.69) is 5.32 Å². The minimum Gasteiger partial charge on any atom is -0.489 e. The van der Waals surface area contributed by atoms with Crippen LogP contribution in [0.25, 0.3) is 0 Å². The number of alkyl halides is 1. The average Bonchev–Trinajstić information content (AvgIpc) is 3.31. The Labute approximate surface area is 197 Å². The Hall–Kier alpha value is -2.19. The number of likely N-dealkylation sites (tertiary alicyclic amines) is 1. The summed E-state index contributed by atoms with van der Waals surface area (Å²) in [5.74, 6) is -0.0820. The van der Waals surface area contributed by atoms with E-state index >= 15 is 0 Å². The van der Waals surface area contributed by atoms with Crippen molar-refractivity contribution >= 4 is 41.0 Å². The van der Waals surface area contributed by atoms with Crippen LogP contribution in [0.3, 0.4) is 0 Å². The predicted molar refractivity (Wildman–Crippen MR) is 121 cm³/mol. The van der Waals surface area contributed by atoms with Gasteiger partial charge in [-0.25, -0.2) is 4.79 Å². The molecule has 2 unspecified atom stereocenters. The highest BCUT2D eigenvalue weighted by atomic mass is 35.5. The number of halogens is 2. The molecule has 10 heteroatoms. The molecule has 2 N–H and O–H groups in total. The fourth-order valence-corrected chi connectivity index (χ4v) is 4.45. The summed E-state index contributed by atoms with van der Waals surface area (Å²) in [5.41, 5.74) is 0.797. The largest absolute Gasteiger partial charge is 0.489 e. The van der Waals surface area contributed by atoms with Crippen molar-refractivity contribution in [3.8, 4) is 0 Å². The molecule has 0 aromatic carbocycles. The number of amides is 2. The van der Waals surface area contributed by atoms with Crippen LogP contribution in [0.1, 0.15) is 45.4 Å². The Morgan fingerprint density at radius 3 is 2.66 bits per heavy atom. The van der Waals surface area contributed by atoms with Crippen LogP contribution in [0.4, 0.5) is 4.79 Å². The maximum absolute atomic E-state index is 13.1. The molecule has 2 aliphatic heterocycles. The van der Waals surface area contributed by atoms with E-state index in [1.54, 1.807) is 6.08 Å². The number of carbonyl (C=O) groups excluding carboxylic acids is 2. The number of hydrogen-bond donors (Lipinski definition) is 2. The lowest BCUT2D eigenvalue weighted by atomic mass is 9.85. The maximum Gasteiger partial charge on any atom is 0.412 e. The normalized spacial score (nSPS) is 23.1. The third-order valence-corrected chi connectivity index (χ3v) is 6.77. The number of nitrogens with zero attached hydrogens (tertiary/aromatic N) is 2. The Morgan fingerprint density at radius 2 is 2.03 bits per heavy atom. The second kappa shape index (κ2) is 10.6. The molecule has 0 spiro atoms. The minimum atomic E-state index is -1.21. The molecule has 1 fully saturated rings. The first-order valence-corrected chi connectivity index (χ1v) is 11.8. The fourth-order valence-electron chi connectivity index (χ4n) is 4.06. The molecule has 0 aromatic rings. The zero-order valence-corrected chi connectivity index (χ0v) is 19.8. The highest BCUT2D eigenvalue weighted by molar-refractivity contribution is 6.46. The third kappa shape index (κ3) is 5.07. The van der Waals surface area contributed by atoms with Gasteiger partial charge in [-0.1, -0.05) is 24.9 Å². The van der Waals surface area contributed by atoms with Crippen molar-refractivity contribution < 1.29 is 24.2 Å². The molecule has 3 rings (SSSR count). The molecule has 1 saturated heterocycles. The van der Waals surface area contributed by atoms with Gasteiger partial charge < -0.3 is 20.1 Å². The van der Waals surface area contributed by atoms with Crippen LogP contribution in [-0.2, 0) is 14.3 Å². The Balaban J connectivity index is 1.97. The lowest BCUT2D eigenvalue weighted by Crippen LogP contribution is -2.46. The van der Waals surface area contributed by atoms with Crippen LogP contribution in [0, 0.1) is 0 Å². The van der Waals surface area contributed by atoms with Gasteiger partial charge in [0.2, 0.25) is 5.91 Å². The molecule has 176 valence electrons. The van der Waals surface area contributed by atoms with Crippen molar-refractivity contribution in [1.29, 1.82) is 0 Å². The van der Waals surface area contributed by atoms with Crippen LogP contribution < -0.4 is 5.32 Å². The van der Waals surface area contributed by atoms with Gasteiger partial charge in [-0.15, -0.1) is 11.6 Å². The van der Waals surface area contributed by atoms with Gasteiger partial charge in [0.1, 0.15) is 5.38 Å². The first kappa shape index (κ1) is 24.5. The fraction of sp³-hybridized carbons (Fsp3) is 0.591. The predicted octanol–water partition coefficient (Wildman–Crippen LogP) is 3.57. The summed E-state index contributed by atoms with van der Waals surface area (Å²) in [7, 11) is 1.38. The number of rotatable bonds is 8. The Morgan fingerprint density at radius 1 is 1.34 bits per heavy atom. The summed E-state index contributed by atoms with van der Waals surface area (Å²) in [6.45, 7) is 3.83. The maximum atomic E-state index is 13.1. The van der Waals surface area contributed by atoms with Gasteiger partial charge in [0.05, 0.1) is 18.2 Å². The number of carboxylic acid groups (broad SMARTS) is 1. The van der Waals surface area contributed by atoms with Crippen LogP contribution in [0.2, 0.25) is 0 Å². The van der Waals surface area contributed by atoms with Gasteiger partial charge in [-0.3, -0.25) is 14.5 Å². The number of carbonyl (C=O) groups is 3. The van der Waals surface area contributed by atoms with E-state index < -0.39 is 23.3 Å². The molecule has 0 radical (unpaired) electrons. The summed E-state index contributed by atoms with van der Waals surface area (Å²) in [6.07, 6.45) is 4.66. The summed E-state index contributed by atoms with van der Waals surface area (Å²) >= 11 is 12.5. The number of dihydropyridines is 1. The van der Waals surface area contributed by atoms with Crippen LogP contribution in [0.15, 0.2) is 33.8 Å². The van der Waals surface area contributed by atoms with Crippen LogP contribution in [0.5, 0.6) is 0 Å². The first-order valence-electron chi connectivity index (χ1n) is 10.9. The van der Waals surface area contributed by atoms with Crippen molar-refractivity contribution in [3.05, 3.63) is 33.8 Å². The molecule has 2 atom stereocenters. The van der Waals surface area contributed by atoms with E-state index in [0.717, 1.165) is 43.7 Å². The number of allylic oxidation sites excluding steroid dienone is 2. The summed E-state index contributed by atoms with van der Waals surface area (Å²) in [4.78, 5) is 40.3.